The van der Waals surface area contributed by atoms with Crippen LogP contribution >= 0.6 is 0 Å². The minimum absolute atomic E-state index is 0.0189. The van der Waals surface area contributed by atoms with Gasteiger partial charge in [0.05, 0.1) is 11.8 Å². The van der Waals surface area contributed by atoms with Crippen molar-refractivity contribution < 1.29 is 19.1 Å². The van der Waals surface area contributed by atoms with Gasteiger partial charge >= 0.3 is 5.97 Å². The number of nitrogens with one attached hydrogen (secondary N) is 2. The maximum Gasteiger partial charge on any atom is 0.310 e. The molecule has 0 aromatic heterocycles. The molecule has 2 aromatic carbocycles. The van der Waals surface area contributed by atoms with Crippen molar-refractivity contribution in [3.05, 3.63) is 59.2 Å². The summed E-state index contributed by atoms with van der Waals surface area (Å²) in [7, 11) is 0. The van der Waals surface area contributed by atoms with Crippen LogP contribution in [-0.2, 0) is 27.2 Å². The van der Waals surface area contributed by atoms with E-state index in [1.165, 1.54) is 0 Å². The molecule has 32 heavy (non-hydrogen) atoms. The van der Waals surface area contributed by atoms with Gasteiger partial charge in [0.25, 0.3) is 5.91 Å². The Labute approximate surface area is 187 Å². The number of fused-ring (bicyclic) bond motifs is 1. The molecule has 2 aliphatic carbocycles. The molecule has 2 saturated carbocycles. The van der Waals surface area contributed by atoms with Crippen LogP contribution in [0.2, 0.25) is 0 Å². The molecule has 0 spiro atoms. The number of para-hydroxylation sites is 1. The van der Waals surface area contributed by atoms with Crippen LogP contribution in [0.15, 0.2) is 42.5 Å². The number of carbonyl (C=O) groups excluding carboxylic acids is 3. The fourth-order valence-electron chi connectivity index (χ4n) is 5.88. The molecular weight excluding hydrogens is 404 g/mol. The molecule has 5 atom stereocenters. The first-order valence-corrected chi connectivity index (χ1v) is 11.5. The van der Waals surface area contributed by atoms with Crippen molar-refractivity contribution in [2.24, 2.45) is 23.7 Å². The summed E-state index contributed by atoms with van der Waals surface area (Å²) in [5.74, 6) is -0.701. The van der Waals surface area contributed by atoms with Gasteiger partial charge in [0.2, 0.25) is 5.91 Å². The van der Waals surface area contributed by atoms with Gasteiger partial charge < -0.3 is 15.4 Å². The first kappa shape index (κ1) is 20.7. The second kappa shape index (κ2) is 8.08. The second-order valence-electron chi connectivity index (χ2n) is 9.10. The van der Waals surface area contributed by atoms with Crippen molar-refractivity contribution in [3.8, 4) is 0 Å². The molecule has 2 aromatic rings. The van der Waals surface area contributed by atoms with E-state index in [1.807, 2.05) is 18.2 Å². The van der Waals surface area contributed by atoms with E-state index < -0.39 is 0 Å². The Bertz CT molecular complexity index is 1050. The van der Waals surface area contributed by atoms with Crippen molar-refractivity contribution in [1.82, 2.24) is 0 Å². The topological polar surface area (TPSA) is 84.5 Å². The molecule has 3 aliphatic rings. The molecule has 2 amide bonds. The maximum absolute atomic E-state index is 12.9. The zero-order valence-corrected chi connectivity index (χ0v) is 18.4. The molecular formula is C26H28N2O4. The minimum Gasteiger partial charge on any atom is -0.462 e. The van der Waals surface area contributed by atoms with E-state index in [9.17, 15) is 14.4 Å². The lowest BCUT2D eigenvalue weighted by Crippen LogP contribution is -2.35. The molecule has 2 N–H and O–H groups in total. The molecule has 0 radical (unpaired) electrons. The van der Waals surface area contributed by atoms with Crippen LogP contribution < -0.4 is 10.6 Å². The third kappa shape index (κ3) is 3.38. The molecule has 166 valence electrons. The summed E-state index contributed by atoms with van der Waals surface area (Å²) in [5.41, 5.74) is 4.26. The number of rotatable bonds is 6. The second-order valence-corrected chi connectivity index (χ2v) is 9.10. The van der Waals surface area contributed by atoms with Crippen LogP contribution in [0, 0.1) is 23.7 Å². The highest BCUT2D eigenvalue weighted by Crippen LogP contribution is 2.57. The van der Waals surface area contributed by atoms with E-state index in [0.717, 1.165) is 42.5 Å². The van der Waals surface area contributed by atoms with Crippen LogP contribution in [0.25, 0.3) is 0 Å². The highest BCUT2D eigenvalue weighted by Gasteiger charge is 2.63. The Kier molecular flexibility index (Phi) is 5.24. The summed E-state index contributed by atoms with van der Waals surface area (Å²) in [6.07, 6.45) is 3.39. The molecule has 6 heteroatoms. The van der Waals surface area contributed by atoms with Gasteiger partial charge in [0.1, 0.15) is 6.10 Å². The van der Waals surface area contributed by atoms with E-state index in [0.29, 0.717) is 11.3 Å². The van der Waals surface area contributed by atoms with E-state index in [4.69, 9.17) is 4.74 Å². The predicted octanol–water partition coefficient (Wildman–Crippen LogP) is 4.20. The first-order chi connectivity index (χ1) is 15.5. The van der Waals surface area contributed by atoms with E-state index in [2.05, 4.69) is 24.5 Å². The number of amides is 2. The van der Waals surface area contributed by atoms with Gasteiger partial charge in [-0.3, -0.25) is 14.4 Å². The Morgan fingerprint density at radius 1 is 0.969 bits per heavy atom. The van der Waals surface area contributed by atoms with Crippen LogP contribution in [0.5, 0.6) is 0 Å². The zero-order valence-electron chi connectivity index (χ0n) is 18.4. The average Bonchev–Trinajstić information content (AvgIpc) is 3.42. The molecule has 1 heterocycles. The summed E-state index contributed by atoms with van der Waals surface area (Å²) in [6.45, 7) is 4.15. The summed E-state index contributed by atoms with van der Waals surface area (Å²) >= 11 is 0. The van der Waals surface area contributed by atoms with Crippen LogP contribution in [-0.4, -0.2) is 23.9 Å². The predicted molar refractivity (Wildman–Crippen MR) is 121 cm³/mol. The number of esters is 1. The van der Waals surface area contributed by atoms with Crippen molar-refractivity contribution in [1.29, 1.82) is 0 Å². The van der Waals surface area contributed by atoms with E-state index in [-0.39, 0.29) is 47.6 Å². The number of carbonyl (C=O) groups is 3. The quantitative estimate of drug-likeness (QED) is 0.670. The Morgan fingerprint density at radius 3 is 2.31 bits per heavy atom. The standard InChI is InChI=1S/C26H28N2O4/c1-3-14-6-5-7-15(4-2)23(14)28-24(29)16-8-10-18(11-9-16)27-25(30)21-17-12-19-20(13-17)32-26(31)22(19)21/h5-11,17,19-22H,3-4,12-13H2,1-2H3,(H,27,30)(H,28,29)/t17-,19+,20-,21-,22+/m1/s1. The molecule has 1 saturated heterocycles. The smallest absolute Gasteiger partial charge is 0.310 e. The molecule has 3 fully saturated rings. The van der Waals surface area contributed by atoms with Crippen LogP contribution in [0.1, 0.15) is 48.2 Å². The number of ether oxygens (including phenoxy) is 1. The summed E-state index contributed by atoms with van der Waals surface area (Å²) in [4.78, 5) is 38.0. The molecule has 1 aliphatic heterocycles. The monoisotopic (exact) mass is 432 g/mol. The highest BCUT2D eigenvalue weighted by atomic mass is 16.6. The number of anilines is 2. The molecule has 5 rings (SSSR count). The lowest BCUT2D eigenvalue weighted by molar-refractivity contribution is -0.145. The molecule has 2 bridgehead atoms. The van der Waals surface area contributed by atoms with Crippen molar-refractivity contribution in [3.63, 3.8) is 0 Å². The summed E-state index contributed by atoms with van der Waals surface area (Å²) in [5, 5.41) is 6.01. The van der Waals surface area contributed by atoms with E-state index in [1.54, 1.807) is 24.3 Å². The van der Waals surface area contributed by atoms with Gasteiger partial charge in [0, 0.05) is 22.9 Å². The fraction of sp³-hybridized carbons (Fsp3) is 0.423. The van der Waals surface area contributed by atoms with E-state index >= 15 is 0 Å². The van der Waals surface area contributed by atoms with Gasteiger partial charge in [-0.15, -0.1) is 0 Å². The third-order valence-electron chi connectivity index (χ3n) is 7.44. The first-order valence-electron chi connectivity index (χ1n) is 11.5. The molecule has 0 unspecified atom stereocenters. The largest absolute Gasteiger partial charge is 0.462 e. The fourth-order valence-corrected chi connectivity index (χ4v) is 5.88. The van der Waals surface area contributed by atoms with Gasteiger partial charge in [-0.05, 0) is 67.0 Å². The number of hydrogen-bond donors (Lipinski definition) is 2. The van der Waals surface area contributed by atoms with Gasteiger partial charge in [0.15, 0.2) is 0 Å². The van der Waals surface area contributed by atoms with Gasteiger partial charge in [-0.25, -0.2) is 0 Å². The summed E-state index contributed by atoms with van der Waals surface area (Å²) in [6, 6.07) is 13.0. The number of aryl methyl sites for hydroxylation is 2. The lowest BCUT2D eigenvalue weighted by Gasteiger charge is -2.23. The summed E-state index contributed by atoms with van der Waals surface area (Å²) < 4.78 is 5.43. The normalized spacial score (nSPS) is 27.3. The van der Waals surface area contributed by atoms with Crippen LogP contribution in [0.3, 0.4) is 0 Å². The third-order valence-corrected chi connectivity index (χ3v) is 7.44. The van der Waals surface area contributed by atoms with Crippen molar-refractivity contribution >= 4 is 29.2 Å². The Hall–Kier alpha value is -3.15. The van der Waals surface area contributed by atoms with Gasteiger partial charge in [-0.1, -0.05) is 32.0 Å². The number of benzene rings is 2. The Morgan fingerprint density at radius 2 is 1.66 bits per heavy atom. The number of hydrogen-bond acceptors (Lipinski definition) is 4. The van der Waals surface area contributed by atoms with Crippen molar-refractivity contribution in [2.45, 2.75) is 45.6 Å². The minimum atomic E-state index is -0.313. The average molecular weight is 433 g/mol. The SMILES string of the molecule is CCc1cccc(CC)c1NC(=O)c1ccc(NC(=O)[C@@H]2[C@@H]3C[C@@H]4[C@@H]2C(=O)O[C@@H]4C3)cc1. The molecule has 6 nitrogen and oxygen atoms in total. The van der Waals surface area contributed by atoms with Crippen molar-refractivity contribution in [2.75, 3.05) is 10.6 Å². The van der Waals surface area contributed by atoms with Crippen LogP contribution in [0.4, 0.5) is 11.4 Å². The maximum atomic E-state index is 12.9. The van der Waals surface area contributed by atoms with Gasteiger partial charge in [-0.2, -0.15) is 0 Å². The Balaban J connectivity index is 1.27. The highest BCUT2D eigenvalue weighted by molar-refractivity contribution is 6.05. The lowest BCUT2D eigenvalue weighted by atomic mass is 9.79. The zero-order chi connectivity index (χ0) is 22.4.